The van der Waals surface area contributed by atoms with Gasteiger partial charge in [-0.2, -0.15) is 0 Å². The van der Waals surface area contributed by atoms with E-state index >= 15 is 0 Å². The number of rotatable bonds is 7. The van der Waals surface area contributed by atoms with Gasteiger partial charge >= 0.3 is 0 Å². The van der Waals surface area contributed by atoms with Crippen molar-refractivity contribution in [3.05, 3.63) is 140 Å². The highest BCUT2D eigenvalue weighted by molar-refractivity contribution is 9.10. The summed E-state index contributed by atoms with van der Waals surface area (Å²) in [6, 6.07) is 30.3. The van der Waals surface area contributed by atoms with Crippen LogP contribution in [-0.4, -0.2) is 47.5 Å². The van der Waals surface area contributed by atoms with Gasteiger partial charge in [0.2, 0.25) is 0 Å². The first-order valence-corrected chi connectivity index (χ1v) is 16.4. The molecule has 51 heavy (non-hydrogen) atoms. The van der Waals surface area contributed by atoms with Crippen LogP contribution >= 0.6 is 39.1 Å². The Bertz CT molecular complexity index is 2100. The van der Waals surface area contributed by atoms with Gasteiger partial charge in [-0.15, -0.1) is 30.6 Å². The van der Waals surface area contributed by atoms with E-state index in [-0.39, 0.29) is 45.5 Å². The summed E-state index contributed by atoms with van der Waals surface area (Å²) in [6.07, 6.45) is 0. The van der Waals surface area contributed by atoms with Crippen molar-refractivity contribution in [1.29, 1.82) is 0 Å². The van der Waals surface area contributed by atoms with Crippen LogP contribution in [0.5, 0.6) is 5.75 Å². The summed E-state index contributed by atoms with van der Waals surface area (Å²) in [4.78, 5) is 24.3. The smallest absolute Gasteiger partial charge is 0.255 e. The number of amides is 2. The number of aromatic hydroxyl groups is 1. The van der Waals surface area contributed by atoms with Crippen LogP contribution in [0, 0.1) is 0 Å². The van der Waals surface area contributed by atoms with E-state index in [1.807, 2.05) is 60.7 Å². The molecule has 3 heterocycles. The Morgan fingerprint density at radius 3 is 1.57 bits per heavy atom. The number of nitrogens with one attached hydrogen (secondary N) is 2. The van der Waals surface area contributed by atoms with Crippen LogP contribution in [0.4, 0.5) is 17.5 Å². The van der Waals surface area contributed by atoms with Crippen LogP contribution in [0.3, 0.4) is 0 Å². The predicted molar refractivity (Wildman–Crippen MR) is 199 cm³/mol. The fourth-order valence-corrected chi connectivity index (χ4v) is 4.79. The molecule has 0 aliphatic carbocycles. The summed E-state index contributed by atoms with van der Waals surface area (Å²) >= 11 is 14.3. The molecule has 17 heteroatoms. The van der Waals surface area contributed by atoms with Gasteiger partial charge in [0, 0.05) is 18.7 Å². The van der Waals surface area contributed by atoms with Crippen molar-refractivity contribution in [2.24, 2.45) is 0 Å². The minimum absolute atomic E-state index is 0.0414. The number of phenolic OH excluding ortho intramolecular Hbond substituents is 1. The molecule has 3 aromatic heterocycles. The van der Waals surface area contributed by atoms with Crippen molar-refractivity contribution >= 4 is 68.4 Å². The molecule has 0 saturated heterocycles. The maximum Gasteiger partial charge on any atom is 0.255 e. The van der Waals surface area contributed by atoms with Gasteiger partial charge in [0.1, 0.15) is 5.75 Å². The molecule has 6 rings (SSSR count). The highest BCUT2D eigenvalue weighted by Gasteiger charge is 2.15. The molecule has 2 amide bonds. The van der Waals surface area contributed by atoms with E-state index in [0.29, 0.717) is 39.8 Å². The third-order valence-electron chi connectivity index (χ3n) is 6.62. The Morgan fingerprint density at radius 1 is 0.608 bits per heavy atom. The van der Waals surface area contributed by atoms with Gasteiger partial charge in [-0.1, -0.05) is 96.0 Å². The summed E-state index contributed by atoms with van der Waals surface area (Å²) in [6.45, 7) is 0.798. The van der Waals surface area contributed by atoms with E-state index in [4.69, 9.17) is 40.4 Å². The van der Waals surface area contributed by atoms with Crippen LogP contribution in [0.15, 0.2) is 108 Å². The zero-order chi connectivity index (χ0) is 36.8. The van der Waals surface area contributed by atoms with Crippen LogP contribution in [0.25, 0.3) is 11.3 Å². The molecule has 260 valence electrons. The number of phenols is 1. The topological polar surface area (TPSA) is 234 Å². The zero-order valence-corrected chi connectivity index (χ0v) is 29.6. The summed E-state index contributed by atoms with van der Waals surface area (Å²) in [7, 11) is 0. The maximum absolute atomic E-state index is 12.4. The lowest BCUT2D eigenvalue weighted by atomic mass is 10.1. The van der Waals surface area contributed by atoms with Gasteiger partial charge in [0.15, 0.2) is 27.8 Å². The third kappa shape index (κ3) is 11.6. The standard InChI is InChI=1S/C18H16N4O2.C12H11ClN4O.C4H3BrClN3/c19-17-14(18(24)20-11-12-6-2-1-3-7-12)10-15(21-22-17)13-8-4-5-9-16(13)23;13-10-6-9(11(14)17-16-10)12(18)15-7-8-4-2-1-3-5-8;5-2-1-3(6)8-9-4(2)7/h1-10,23H,11H2,(H2,19,22)(H,20,24);1-6H,7H2,(H2,14,17)(H,15,18);1H,(H2,7,9). The molecule has 3 aromatic carbocycles. The Hall–Kier alpha value is -5.90. The first-order valence-electron chi connectivity index (χ1n) is 14.8. The SMILES string of the molecule is Nc1nnc(-c2ccccc2O)cc1C(=O)NCc1ccccc1.Nc1nnc(Cl)cc1Br.Nc1nnc(Cl)cc1C(=O)NCc1ccccc1. The van der Waals surface area contributed by atoms with Crippen molar-refractivity contribution in [3.8, 4) is 17.0 Å². The number of hydrogen-bond donors (Lipinski definition) is 6. The number of halogens is 3. The van der Waals surface area contributed by atoms with Crippen LogP contribution < -0.4 is 27.8 Å². The molecular weight excluding hydrogens is 761 g/mol. The highest BCUT2D eigenvalue weighted by Crippen LogP contribution is 2.28. The van der Waals surface area contributed by atoms with E-state index in [1.54, 1.807) is 30.3 Å². The van der Waals surface area contributed by atoms with Crippen LogP contribution in [-0.2, 0) is 13.1 Å². The van der Waals surface area contributed by atoms with Gasteiger partial charge in [-0.05, 0) is 57.4 Å². The van der Waals surface area contributed by atoms with E-state index in [2.05, 4.69) is 57.2 Å². The van der Waals surface area contributed by atoms with E-state index in [9.17, 15) is 14.7 Å². The minimum atomic E-state index is -0.345. The van der Waals surface area contributed by atoms with Crippen LogP contribution in [0.2, 0.25) is 10.3 Å². The molecule has 6 aromatic rings. The fourth-order valence-electron chi connectivity index (χ4n) is 4.07. The number of nitrogens with zero attached hydrogens (tertiary/aromatic N) is 6. The summed E-state index contributed by atoms with van der Waals surface area (Å²) in [5, 5.41) is 37.9. The lowest BCUT2D eigenvalue weighted by Crippen LogP contribution is -2.24. The average molecular weight is 791 g/mol. The molecule has 0 fully saturated rings. The number of hydrogen-bond acceptors (Lipinski definition) is 12. The van der Waals surface area contributed by atoms with E-state index in [0.717, 1.165) is 11.1 Å². The second-order valence-corrected chi connectivity index (χ2v) is 11.9. The van der Waals surface area contributed by atoms with E-state index < -0.39 is 0 Å². The number of carbonyl (C=O) groups excluding carboxylic acids is 2. The van der Waals surface area contributed by atoms with Crippen molar-refractivity contribution in [3.63, 3.8) is 0 Å². The fraction of sp³-hybridized carbons (Fsp3) is 0.0588. The van der Waals surface area contributed by atoms with Crippen LogP contribution in [0.1, 0.15) is 31.8 Å². The van der Waals surface area contributed by atoms with Gasteiger partial charge < -0.3 is 32.9 Å². The highest BCUT2D eigenvalue weighted by atomic mass is 79.9. The predicted octanol–water partition coefficient (Wildman–Crippen LogP) is 5.48. The number of benzene rings is 3. The van der Waals surface area contributed by atoms with Gasteiger partial charge in [-0.25, -0.2) is 0 Å². The number of nitrogen functional groups attached to an aromatic ring is 3. The number of para-hydroxylation sites is 1. The second-order valence-electron chi connectivity index (χ2n) is 10.2. The molecule has 0 unspecified atom stereocenters. The van der Waals surface area contributed by atoms with Gasteiger partial charge in [0.25, 0.3) is 11.8 Å². The zero-order valence-electron chi connectivity index (χ0n) is 26.5. The first-order chi connectivity index (χ1) is 24.5. The normalized spacial score (nSPS) is 10.1. The monoisotopic (exact) mass is 789 g/mol. The van der Waals surface area contributed by atoms with Crippen molar-refractivity contribution in [1.82, 2.24) is 41.2 Å². The molecule has 0 atom stereocenters. The minimum Gasteiger partial charge on any atom is -0.507 e. The Labute approximate surface area is 310 Å². The van der Waals surface area contributed by atoms with Crippen molar-refractivity contribution in [2.45, 2.75) is 13.1 Å². The van der Waals surface area contributed by atoms with Crippen molar-refractivity contribution < 1.29 is 14.7 Å². The number of aromatic nitrogens is 6. The summed E-state index contributed by atoms with van der Waals surface area (Å²) in [5.41, 5.74) is 19.9. The second kappa shape index (κ2) is 18.7. The lowest BCUT2D eigenvalue weighted by Gasteiger charge is -2.09. The molecule has 0 aliphatic heterocycles. The third-order valence-corrected chi connectivity index (χ3v) is 7.62. The molecule has 9 N–H and O–H groups in total. The number of anilines is 3. The summed E-state index contributed by atoms with van der Waals surface area (Å²) in [5.74, 6) is -0.160. The largest absolute Gasteiger partial charge is 0.507 e. The molecule has 14 nitrogen and oxygen atoms in total. The average Bonchev–Trinajstić information content (AvgIpc) is 3.14. The molecule has 0 bridgehead atoms. The summed E-state index contributed by atoms with van der Waals surface area (Å²) < 4.78 is 0.669. The van der Waals surface area contributed by atoms with Gasteiger partial charge in [-0.3, -0.25) is 9.59 Å². The number of nitrogens with two attached hydrogens (primary N) is 3. The molecular formula is C34H30BrCl2N11O3. The van der Waals surface area contributed by atoms with E-state index in [1.165, 1.54) is 12.1 Å². The Morgan fingerprint density at radius 2 is 1.06 bits per heavy atom. The molecule has 0 saturated carbocycles. The Kier molecular flexibility index (Phi) is 13.9. The first kappa shape index (κ1) is 37.9. The molecule has 0 spiro atoms. The Balaban J connectivity index is 0.000000189. The van der Waals surface area contributed by atoms with Gasteiger partial charge in [0.05, 0.1) is 21.3 Å². The number of carbonyl (C=O) groups is 2. The van der Waals surface area contributed by atoms with Crippen molar-refractivity contribution in [2.75, 3.05) is 17.2 Å². The molecule has 0 radical (unpaired) electrons. The quantitative estimate of drug-likeness (QED) is 0.118. The maximum atomic E-state index is 12.4. The molecule has 0 aliphatic rings. The lowest BCUT2D eigenvalue weighted by molar-refractivity contribution is 0.0943.